The molecule has 1 aromatic rings. The normalized spacial score (nSPS) is 17.4. The fourth-order valence-electron chi connectivity index (χ4n) is 2.62. The lowest BCUT2D eigenvalue weighted by Crippen LogP contribution is -2.51. The fourth-order valence-corrected chi connectivity index (χ4v) is 2.62. The molecule has 25 heavy (non-hydrogen) atoms. The number of nitriles is 1. The summed E-state index contributed by atoms with van der Waals surface area (Å²) in [5.74, 6) is 0. The van der Waals surface area contributed by atoms with E-state index in [1.807, 2.05) is 26.8 Å². The van der Waals surface area contributed by atoms with Gasteiger partial charge in [0.15, 0.2) is 0 Å². The predicted octanol–water partition coefficient (Wildman–Crippen LogP) is 3.08. The van der Waals surface area contributed by atoms with E-state index >= 15 is 0 Å². The van der Waals surface area contributed by atoms with Crippen molar-refractivity contribution in [2.45, 2.75) is 45.3 Å². The van der Waals surface area contributed by atoms with Crippen LogP contribution < -0.4 is 10.6 Å². The summed E-state index contributed by atoms with van der Waals surface area (Å²) in [5, 5.41) is 14.5. The summed E-state index contributed by atoms with van der Waals surface area (Å²) < 4.78 is 5.26. The Morgan fingerprint density at radius 1 is 1.36 bits per heavy atom. The molecule has 1 unspecified atom stereocenters. The van der Waals surface area contributed by atoms with Gasteiger partial charge in [-0.15, -0.1) is 0 Å². The Labute approximate surface area is 147 Å². The van der Waals surface area contributed by atoms with Crippen molar-refractivity contribution < 1.29 is 14.3 Å². The second-order valence-corrected chi connectivity index (χ2v) is 7.05. The molecule has 7 nitrogen and oxygen atoms in total. The molecule has 0 aliphatic carbocycles. The van der Waals surface area contributed by atoms with Crippen molar-refractivity contribution in [3.05, 3.63) is 29.8 Å². The first kappa shape index (κ1) is 18.6. The number of nitrogens with zero attached hydrogens (tertiary/aromatic N) is 2. The minimum atomic E-state index is -0.554. The quantitative estimate of drug-likeness (QED) is 0.862. The third-order valence-corrected chi connectivity index (χ3v) is 3.67. The van der Waals surface area contributed by atoms with Gasteiger partial charge in [0.05, 0.1) is 11.6 Å². The SMILES string of the molecule is CC(C)(C)OC(=O)NC1CCCN(C(=O)Nc2cccc(C#N)c2)C1. The number of anilines is 1. The number of rotatable bonds is 2. The van der Waals surface area contributed by atoms with Gasteiger partial charge < -0.3 is 20.3 Å². The molecule has 2 N–H and O–H groups in total. The Bertz CT molecular complexity index is 676. The second-order valence-electron chi connectivity index (χ2n) is 7.05. The molecular weight excluding hydrogens is 320 g/mol. The van der Waals surface area contributed by atoms with Crippen LogP contribution in [-0.2, 0) is 4.74 Å². The van der Waals surface area contributed by atoms with Crippen molar-refractivity contribution in [3.63, 3.8) is 0 Å². The first-order valence-corrected chi connectivity index (χ1v) is 8.32. The standard InChI is InChI=1S/C18H24N4O3/c1-18(2,3)25-17(24)21-15-8-5-9-22(12-15)16(23)20-14-7-4-6-13(10-14)11-19/h4,6-7,10,15H,5,8-9,12H2,1-3H3,(H,20,23)(H,21,24). The van der Waals surface area contributed by atoms with E-state index in [0.717, 1.165) is 12.8 Å². The number of carbonyl (C=O) groups excluding carboxylic acids is 2. The largest absolute Gasteiger partial charge is 0.444 e. The number of nitrogens with one attached hydrogen (secondary N) is 2. The molecule has 0 radical (unpaired) electrons. The number of alkyl carbamates (subject to hydrolysis) is 1. The molecule has 1 aliphatic rings. The molecule has 2 rings (SSSR count). The van der Waals surface area contributed by atoms with Crippen LogP contribution in [0.4, 0.5) is 15.3 Å². The lowest BCUT2D eigenvalue weighted by atomic mass is 10.1. The van der Waals surface area contributed by atoms with Crippen LogP contribution in [0.3, 0.4) is 0 Å². The highest BCUT2D eigenvalue weighted by Crippen LogP contribution is 2.15. The number of carbonyl (C=O) groups is 2. The number of urea groups is 1. The maximum Gasteiger partial charge on any atom is 0.407 e. The van der Waals surface area contributed by atoms with Crippen molar-refractivity contribution in [1.29, 1.82) is 5.26 Å². The minimum absolute atomic E-state index is 0.139. The predicted molar refractivity (Wildman–Crippen MR) is 94.1 cm³/mol. The first-order valence-electron chi connectivity index (χ1n) is 8.32. The van der Waals surface area contributed by atoms with Gasteiger partial charge in [0, 0.05) is 24.8 Å². The third-order valence-electron chi connectivity index (χ3n) is 3.67. The monoisotopic (exact) mass is 344 g/mol. The van der Waals surface area contributed by atoms with Gasteiger partial charge in [0.1, 0.15) is 5.60 Å². The molecule has 0 aromatic heterocycles. The first-order chi connectivity index (χ1) is 11.8. The molecule has 1 saturated heterocycles. The lowest BCUT2D eigenvalue weighted by molar-refractivity contribution is 0.0480. The maximum atomic E-state index is 12.4. The Morgan fingerprint density at radius 2 is 2.12 bits per heavy atom. The molecule has 1 heterocycles. The summed E-state index contributed by atoms with van der Waals surface area (Å²) in [4.78, 5) is 26.0. The zero-order chi connectivity index (χ0) is 18.4. The van der Waals surface area contributed by atoms with Crippen molar-refractivity contribution in [3.8, 4) is 6.07 Å². The van der Waals surface area contributed by atoms with Crippen LogP contribution >= 0.6 is 0 Å². The zero-order valence-corrected chi connectivity index (χ0v) is 14.8. The smallest absolute Gasteiger partial charge is 0.407 e. The Kier molecular flexibility index (Phi) is 5.86. The van der Waals surface area contributed by atoms with E-state index in [4.69, 9.17) is 10.00 Å². The molecule has 1 aliphatic heterocycles. The minimum Gasteiger partial charge on any atom is -0.444 e. The molecule has 0 spiro atoms. The summed E-state index contributed by atoms with van der Waals surface area (Å²) in [5.41, 5.74) is 0.508. The highest BCUT2D eigenvalue weighted by molar-refractivity contribution is 5.89. The highest BCUT2D eigenvalue weighted by Gasteiger charge is 2.26. The average molecular weight is 344 g/mol. The van der Waals surface area contributed by atoms with E-state index in [1.54, 1.807) is 29.2 Å². The Morgan fingerprint density at radius 3 is 2.80 bits per heavy atom. The van der Waals surface area contributed by atoms with E-state index < -0.39 is 11.7 Å². The van der Waals surface area contributed by atoms with E-state index in [0.29, 0.717) is 24.3 Å². The molecule has 0 saturated carbocycles. The van der Waals surface area contributed by atoms with Gasteiger partial charge in [0.25, 0.3) is 0 Å². The number of amides is 3. The van der Waals surface area contributed by atoms with Gasteiger partial charge in [-0.05, 0) is 51.8 Å². The summed E-state index contributed by atoms with van der Waals surface area (Å²) in [6.07, 6.45) is 1.13. The maximum absolute atomic E-state index is 12.4. The molecule has 1 atom stereocenters. The van der Waals surface area contributed by atoms with Crippen LogP contribution in [0.1, 0.15) is 39.2 Å². The van der Waals surface area contributed by atoms with Crippen molar-refractivity contribution >= 4 is 17.8 Å². The molecule has 7 heteroatoms. The number of hydrogen-bond acceptors (Lipinski definition) is 4. The zero-order valence-electron chi connectivity index (χ0n) is 14.8. The molecule has 3 amide bonds. The fraction of sp³-hybridized carbons (Fsp3) is 0.500. The van der Waals surface area contributed by atoms with E-state index in [1.165, 1.54) is 0 Å². The highest BCUT2D eigenvalue weighted by atomic mass is 16.6. The molecule has 1 aromatic carbocycles. The van der Waals surface area contributed by atoms with E-state index in [9.17, 15) is 9.59 Å². The van der Waals surface area contributed by atoms with Crippen molar-refractivity contribution in [2.75, 3.05) is 18.4 Å². The van der Waals surface area contributed by atoms with Gasteiger partial charge in [-0.1, -0.05) is 6.07 Å². The summed E-state index contributed by atoms with van der Waals surface area (Å²) in [7, 11) is 0. The van der Waals surface area contributed by atoms with Gasteiger partial charge >= 0.3 is 12.1 Å². The number of hydrogen-bond donors (Lipinski definition) is 2. The van der Waals surface area contributed by atoms with Crippen LogP contribution in [-0.4, -0.2) is 41.8 Å². The summed E-state index contributed by atoms with van der Waals surface area (Å²) in [6, 6.07) is 8.41. The van der Waals surface area contributed by atoms with Crippen molar-refractivity contribution in [2.24, 2.45) is 0 Å². The Balaban J connectivity index is 1.90. The summed E-state index contributed by atoms with van der Waals surface area (Å²) >= 11 is 0. The molecule has 0 bridgehead atoms. The van der Waals surface area contributed by atoms with Crippen LogP contribution in [0.2, 0.25) is 0 Å². The van der Waals surface area contributed by atoms with Gasteiger partial charge in [-0.25, -0.2) is 9.59 Å². The van der Waals surface area contributed by atoms with Crippen LogP contribution in [0.5, 0.6) is 0 Å². The number of likely N-dealkylation sites (tertiary alicyclic amines) is 1. The Hall–Kier alpha value is -2.75. The van der Waals surface area contributed by atoms with E-state index in [-0.39, 0.29) is 12.1 Å². The number of ether oxygens (including phenoxy) is 1. The second kappa shape index (κ2) is 7.88. The number of piperidine rings is 1. The van der Waals surface area contributed by atoms with Gasteiger partial charge in [-0.2, -0.15) is 5.26 Å². The average Bonchev–Trinajstić information content (AvgIpc) is 2.53. The third kappa shape index (κ3) is 5.99. The molecule has 134 valence electrons. The lowest BCUT2D eigenvalue weighted by Gasteiger charge is -2.33. The van der Waals surface area contributed by atoms with Crippen LogP contribution in [0.15, 0.2) is 24.3 Å². The molecule has 1 fully saturated rings. The van der Waals surface area contributed by atoms with Gasteiger partial charge in [-0.3, -0.25) is 0 Å². The number of benzene rings is 1. The van der Waals surface area contributed by atoms with E-state index in [2.05, 4.69) is 10.6 Å². The summed E-state index contributed by atoms with van der Waals surface area (Å²) in [6.45, 7) is 6.47. The molecular formula is C18H24N4O3. The van der Waals surface area contributed by atoms with Gasteiger partial charge in [0.2, 0.25) is 0 Å². The van der Waals surface area contributed by atoms with Crippen molar-refractivity contribution in [1.82, 2.24) is 10.2 Å². The van der Waals surface area contributed by atoms with Crippen LogP contribution in [0, 0.1) is 11.3 Å². The topological polar surface area (TPSA) is 94.5 Å². The van der Waals surface area contributed by atoms with Crippen LogP contribution in [0.25, 0.3) is 0 Å².